The summed E-state index contributed by atoms with van der Waals surface area (Å²) in [7, 11) is 0. The van der Waals surface area contributed by atoms with Crippen molar-refractivity contribution in [1.29, 1.82) is 0 Å². The molecular formula is C17H18N2O5S. The van der Waals surface area contributed by atoms with Crippen LogP contribution in [0.5, 0.6) is 5.75 Å². The van der Waals surface area contributed by atoms with E-state index in [4.69, 9.17) is 4.74 Å². The van der Waals surface area contributed by atoms with Gasteiger partial charge in [0.15, 0.2) is 6.61 Å². The first kappa shape index (κ1) is 17.3. The molecule has 0 radical (unpaired) electrons. The summed E-state index contributed by atoms with van der Waals surface area (Å²) in [6.07, 6.45) is 0.998. The maximum atomic E-state index is 11.7. The Morgan fingerprint density at radius 3 is 2.72 bits per heavy atom. The number of carboxylic acid groups (broad SMARTS) is 1. The van der Waals surface area contributed by atoms with Crippen LogP contribution < -0.4 is 10.1 Å². The van der Waals surface area contributed by atoms with Crippen molar-refractivity contribution in [3.8, 4) is 5.75 Å². The second-order valence-corrected chi connectivity index (χ2v) is 6.89. The number of ether oxygens (including phenoxy) is 1. The Balaban J connectivity index is 1.40. The molecule has 132 valence electrons. The lowest BCUT2D eigenvalue weighted by molar-refractivity contribution is -0.147. The maximum absolute atomic E-state index is 11.7. The van der Waals surface area contributed by atoms with Crippen LogP contribution in [-0.2, 0) is 14.4 Å². The number of rotatable bonds is 8. The van der Waals surface area contributed by atoms with E-state index in [1.165, 1.54) is 16.7 Å². The first-order valence-corrected chi connectivity index (χ1v) is 8.90. The van der Waals surface area contributed by atoms with Gasteiger partial charge in [0.1, 0.15) is 11.4 Å². The number of carbonyl (C=O) groups excluding carboxylic acids is 2. The Morgan fingerprint density at radius 2 is 2.04 bits per heavy atom. The molecule has 1 atom stereocenters. The number of thioether (sulfide) groups is 1. The Kier molecular flexibility index (Phi) is 5.28. The van der Waals surface area contributed by atoms with E-state index in [-0.39, 0.29) is 30.2 Å². The van der Waals surface area contributed by atoms with Crippen LogP contribution in [0, 0.1) is 0 Å². The van der Waals surface area contributed by atoms with Gasteiger partial charge in [-0.2, -0.15) is 0 Å². The SMILES string of the molecule is O=C(COc1ccccc1)NCCSC1=C(C(=O)O)N2C(=O)CC2C1. The van der Waals surface area contributed by atoms with Crippen molar-refractivity contribution >= 4 is 29.5 Å². The summed E-state index contributed by atoms with van der Waals surface area (Å²) in [6, 6.07) is 9.06. The van der Waals surface area contributed by atoms with Crippen molar-refractivity contribution < 1.29 is 24.2 Å². The zero-order valence-electron chi connectivity index (χ0n) is 13.4. The van der Waals surface area contributed by atoms with Gasteiger partial charge in [-0.15, -0.1) is 11.8 Å². The minimum absolute atomic E-state index is 0.00466. The molecule has 8 heteroatoms. The molecule has 7 nitrogen and oxygen atoms in total. The molecule has 0 saturated carbocycles. The van der Waals surface area contributed by atoms with E-state index in [2.05, 4.69) is 5.32 Å². The molecule has 0 bridgehead atoms. The van der Waals surface area contributed by atoms with E-state index >= 15 is 0 Å². The average molecular weight is 362 g/mol. The molecule has 25 heavy (non-hydrogen) atoms. The Morgan fingerprint density at radius 1 is 1.28 bits per heavy atom. The molecule has 2 amide bonds. The first-order chi connectivity index (χ1) is 12.1. The summed E-state index contributed by atoms with van der Waals surface area (Å²) in [6.45, 7) is 0.332. The van der Waals surface area contributed by atoms with Crippen molar-refractivity contribution in [1.82, 2.24) is 10.2 Å². The number of hydrogen-bond donors (Lipinski definition) is 2. The largest absolute Gasteiger partial charge is 0.484 e. The molecule has 1 aromatic rings. The molecule has 0 aromatic heterocycles. The molecule has 0 aliphatic carbocycles. The summed E-state index contributed by atoms with van der Waals surface area (Å²) < 4.78 is 5.34. The highest BCUT2D eigenvalue weighted by molar-refractivity contribution is 8.03. The molecule has 0 spiro atoms. The predicted molar refractivity (Wildman–Crippen MR) is 91.9 cm³/mol. The smallest absolute Gasteiger partial charge is 0.353 e. The standard InChI is InChI=1S/C17H18N2O5S/c20-14(10-24-12-4-2-1-3-5-12)18-6-7-25-13-8-11-9-15(21)19(11)16(13)17(22)23/h1-5,11H,6-10H2,(H,18,20)(H,22,23). The molecule has 1 fully saturated rings. The van der Waals surface area contributed by atoms with Crippen LogP contribution in [0.25, 0.3) is 0 Å². The second kappa shape index (κ2) is 7.60. The number of nitrogens with one attached hydrogen (secondary N) is 1. The van der Waals surface area contributed by atoms with Gasteiger partial charge in [0.25, 0.3) is 5.91 Å². The topological polar surface area (TPSA) is 95.9 Å². The van der Waals surface area contributed by atoms with E-state index in [0.717, 1.165) is 0 Å². The van der Waals surface area contributed by atoms with Crippen LogP contribution in [0.1, 0.15) is 12.8 Å². The van der Waals surface area contributed by atoms with Gasteiger partial charge in [-0.05, 0) is 12.1 Å². The fourth-order valence-electron chi connectivity index (χ4n) is 2.83. The lowest BCUT2D eigenvalue weighted by Crippen LogP contribution is -2.49. The lowest BCUT2D eigenvalue weighted by Gasteiger charge is -2.34. The average Bonchev–Trinajstić information content (AvgIpc) is 2.90. The predicted octanol–water partition coefficient (Wildman–Crippen LogP) is 1.22. The minimum Gasteiger partial charge on any atom is -0.484 e. The molecule has 2 aliphatic heterocycles. The number of carboxylic acids is 1. The number of para-hydroxylation sites is 1. The molecule has 3 rings (SSSR count). The highest BCUT2D eigenvalue weighted by atomic mass is 32.2. The van der Waals surface area contributed by atoms with Gasteiger partial charge < -0.3 is 20.1 Å². The third-order valence-electron chi connectivity index (χ3n) is 3.99. The van der Waals surface area contributed by atoms with Gasteiger partial charge in [-0.25, -0.2) is 4.79 Å². The molecule has 2 N–H and O–H groups in total. The molecule has 2 heterocycles. The van der Waals surface area contributed by atoms with Gasteiger partial charge in [-0.1, -0.05) is 18.2 Å². The third kappa shape index (κ3) is 3.96. The van der Waals surface area contributed by atoms with Crippen LogP contribution in [0.4, 0.5) is 0 Å². The molecule has 2 aliphatic rings. The number of β-lactam (4-membered cyclic amide) rings is 1. The van der Waals surface area contributed by atoms with Crippen molar-refractivity contribution in [3.63, 3.8) is 0 Å². The summed E-state index contributed by atoms with van der Waals surface area (Å²) >= 11 is 1.38. The van der Waals surface area contributed by atoms with Crippen molar-refractivity contribution in [2.24, 2.45) is 0 Å². The Hall–Kier alpha value is -2.48. The van der Waals surface area contributed by atoms with Gasteiger partial charge in [0.2, 0.25) is 5.91 Å². The van der Waals surface area contributed by atoms with Crippen LogP contribution in [-0.4, -0.2) is 52.7 Å². The zero-order valence-corrected chi connectivity index (χ0v) is 14.3. The molecule has 1 saturated heterocycles. The monoisotopic (exact) mass is 362 g/mol. The van der Waals surface area contributed by atoms with Crippen LogP contribution in [0.15, 0.2) is 40.9 Å². The summed E-state index contributed by atoms with van der Waals surface area (Å²) in [5.41, 5.74) is 0.102. The van der Waals surface area contributed by atoms with Gasteiger partial charge >= 0.3 is 5.97 Å². The highest BCUT2D eigenvalue weighted by Crippen LogP contribution is 2.42. The maximum Gasteiger partial charge on any atom is 0.353 e. The van der Waals surface area contributed by atoms with E-state index in [1.807, 2.05) is 18.2 Å². The number of nitrogens with zero attached hydrogens (tertiary/aromatic N) is 1. The number of carbonyl (C=O) groups is 3. The first-order valence-electron chi connectivity index (χ1n) is 7.92. The number of amides is 2. The third-order valence-corrected chi connectivity index (χ3v) is 5.10. The Labute approximate surface area is 149 Å². The van der Waals surface area contributed by atoms with Gasteiger partial charge in [0.05, 0.1) is 6.04 Å². The van der Waals surface area contributed by atoms with Gasteiger partial charge in [-0.3, -0.25) is 9.59 Å². The molecule has 1 aromatic carbocycles. The highest BCUT2D eigenvalue weighted by Gasteiger charge is 2.47. The number of hydrogen-bond acceptors (Lipinski definition) is 5. The quantitative estimate of drug-likeness (QED) is 0.533. The fraction of sp³-hybridized carbons (Fsp3) is 0.353. The van der Waals surface area contributed by atoms with Crippen LogP contribution >= 0.6 is 11.8 Å². The summed E-state index contributed by atoms with van der Waals surface area (Å²) in [5.74, 6) is -0.272. The van der Waals surface area contributed by atoms with E-state index < -0.39 is 5.97 Å². The lowest BCUT2D eigenvalue weighted by atomic mass is 10.0. The molecule has 1 unspecified atom stereocenters. The normalized spacial score (nSPS) is 18.6. The van der Waals surface area contributed by atoms with Crippen LogP contribution in [0.3, 0.4) is 0 Å². The van der Waals surface area contributed by atoms with E-state index in [9.17, 15) is 19.5 Å². The molecular weight excluding hydrogens is 344 g/mol. The van der Waals surface area contributed by atoms with Crippen molar-refractivity contribution in [2.75, 3.05) is 18.9 Å². The number of benzene rings is 1. The van der Waals surface area contributed by atoms with Gasteiger partial charge in [0, 0.05) is 30.0 Å². The van der Waals surface area contributed by atoms with Crippen molar-refractivity contribution in [2.45, 2.75) is 18.9 Å². The fourth-order valence-corrected chi connectivity index (χ4v) is 3.91. The number of aliphatic carboxylic acids is 1. The zero-order chi connectivity index (χ0) is 17.8. The summed E-state index contributed by atoms with van der Waals surface area (Å²) in [4.78, 5) is 36.7. The number of fused-ring (bicyclic) bond motifs is 1. The van der Waals surface area contributed by atoms with Crippen LogP contribution in [0.2, 0.25) is 0 Å². The minimum atomic E-state index is -1.07. The second-order valence-electron chi connectivity index (χ2n) is 5.70. The van der Waals surface area contributed by atoms with E-state index in [0.29, 0.717) is 35.8 Å². The summed E-state index contributed by atoms with van der Waals surface area (Å²) in [5, 5.41) is 12.0. The van der Waals surface area contributed by atoms with Crippen molar-refractivity contribution in [3.05, 3.63) is 40.9 Å². The van der Waals surface area contributed by atoms with E-state index in [1.54, 1.807) is 12.1 Å². The Bertz CT molecular complexity index is 719.